The van der Waals surface area contributed by atoms with E-state index < -0.39 is 0 Å². The molecule has 2 fully saturated rings. The molecule has 2 aliphatic rings. The summed E-state index contributed by atoms with van der Waals surface area (Å²) in [5.41, 5.74) is 1.77. The molecule has 1 N–H and O–H groups in total. The van der Waals surface area contributed by atoms with E-state index in [2.05, 4.69) is 35.6 Å². The molecular weight excluding hydrogens is 210 g/mol. The van der Waals surface area contributed by atoms with E-state index >= 15 is 0 Å². The van der Waals surface area contributed by atoms with Crippen LogP contribution in [0.2, 0.25) is 0 Å². The Morgan fingerprint density at radius 3 is 2.41 bits per heavy atom. The number of carbonyl (C=O) groups excluding carboxylic acids is 1. The molecule has 1 saturated heterocycles. The average Bonchev–Trinajstić information content (AvgIpc) is 2.73. The summed E-state index contributed by atoms with van der Waals surface area (Å²) >= 11 is 0. The molecule has 2 nitrogen and oxygen atoms in total. The third-order valence-electron chi connectivity index (χ3n) is 4.51. The van der Waals surface area contributed by atoms with Crippen molar-refractivity contribution in [3.8, 4) is 0 Å². The Morgan fingerprint density at radius 2 is 1.82 bits per heavy atom. The molecule has 1 aliphatic carbocycles. The van der Waals surface area contributed by atoms with E-state index in [-0.39, 0.29) is 5.91 Å². The van der Waals surface area contributed by atoms with Crippen molar-refractivity contribution in [2.45, 2.75) is 38.0 Å². The normalized spacial score (nSPS) is 32.7. The molecular formula is C15H19NO. The summed E-state index contributed by atoms with van der Waals surface area (Å²) in [6.07, 6.45) is 5.63. The summed E-state index contributed by atoms with van der Waals surface area (Å²) in [4.78, 5) is 11.4. The summed E-state index contributed by atoms with van der Waals surface area (Å²) in [5.74, 6) is 0.959. The van der Waals surface area contributed by atoms with Crippen LogP contribution in [0.5, 0.6) is 0 Å². The highest BCUT2D eigenvalue weighted by Crippen LogP contribution is 2.46. The van der Waals surface area contributed by atoms with E-state index in [1.54, 1.807) is 0 Å². The molecule has 1 aromatic rings. The van der Waals surface area contributed by atoms with Gasteiger partial charge in [-0.25, -0.2) is 0 Å². The van der Waals surface area contributed by atoms with Crippen LogP contribution in [0.4, 0.5) is 0 Å². The number of amides is 1. The van der Waals surface area contributed by atoms with Gasteiger partial charge in [-0.05, 0) is 42.6 Å². The number of hydrogen-bond acceptors (Lipinski definition) is 1. The van der Waals surface area contributed by atoms with Crippen molar-refractivity contribution in [2.75, 3.05) is 6.54 Å². The first-order valence-corrected chi connectivity index (χ1v) is 6.59. The summed E-state index contributed by atoms with van der Waals surface area (Å²) in [6.45, 7) is 0.910. The molecule has 2 heteroatoms. The highest BCUT2D eigenvalue weighted by molar-refractivity contribution is 5.79. The topological polar surface area (TPSA) is 29.1 Å². The molecule has 17 heavy (non-hydrogen) atoms. The van der Waals surface area contributed by atoms with Gasteiger partial charge in [-0.3, -0.25) is 4.79 Å². The maximum Gasteiger partial charge on any atom is 0.220 e. The predicted molar refractivity (Wildman–Crippen MR) is 67.7 cm³/mol. The monoisotopic (exact) mass is 229 g/mol. The van der Waals surface area contributed by atoms with Crippen LogP contribution < -0.4 is 5.32 Å². The van der Waals surface area contributed by atoms with Crippen molar-refractivity contribution >= 4 is 5.91 Å². The van der Waals surface area contributed by atoms with E-state index in [0.29, 0.717) is 11.3 Å². The lowest BCUT2D eigenvalue weighted by Crippen LogP contribution is -2.29. The second-order valence-corrected chi connectivity index (χ2v) is 5.64. The van der Waals surface area contributed by atoms with Crippen LogP contribution in [-0.4, -0.2) is 12.5 Å². The maximum atomic E-state index is 11.4. The van der Waals surface area contributed by atoms with Crippen molar-refractivity contribution in [3.63, 3.8) is 0 Å². The lowest BCUT2D eigenvalue weighted by Gasteiger charge is -2.36. The fraction of sp³-hybridized carbons (Fsp3) is 0.533. The molecule has 0 bridgehead atoms. The Morgan fingerprint density at radius 1 is 1.12 bits per heavy atom. The first kappa shape index (κ1) is 10.8. The van der Waals surface area contributed by atoms with Crippen LogP contribution in [0.25, 0.3) is 0 Å². The Kier molecular flexibility index (Phi) is 2.65. The summed E-state index contributed by atoms with van der Waals surface area (Å²) in [5, 5.41) is 3.00. The zero-order valence-corrected chi connectivity index (χ0v) is 10.1. The smallest absolute Gasteiger partial charge is 0.220 e. The fourth-order valence-corrected chi connectivity index (χ4v) is 3.39. The first-order chi connectivity index (χ1) is 8.27. The van der Waals surface area contributed by atoms with Gasteiger partial charge in [0.1, 0.15) is 0 Å². The molecule has 1 aliphatic heterocycles. The molecule has 1 heterocycles. The van der Waals surface area contributed by atoms with Gasteiger partial charge >= 0.3 is 0 Å². The largest absolute Gasteiger partial charge is 0.356 e. The summed E-state index contributed by atoms with van der Waals surface area (Å²) < 4.78 is 0. The zero-order valence-electron chi connectivity index (χ0n) is 10.1. The molecule has 0 aromatic heterocycles. The van der Waals surface area contributed by atoms with Crippen LogP contribution in [0.1, 0.15) is 43.6 Å². The van der Waals surface area contributed by atoms with Gasteiger partial charge in [0.25, 0.3) is 0 Å². The van der Waals surface area contributed by atoms with Gasteiger partial charge in [-0.1, -0.05) is 30.3 Å². The van der Waals surface area contributed by atoms with Gasteiger partial charge in [0, 0.05) is 13.0 Å². The minimum atomic E-state index is 0.253. The minimum Gasteiger partial charge on any atom is -0.356 e. The Bertz CT molecular complexity index is 404. The van der Waals surface area contributed by atoms with Crippen molar-refractivity contribution in [1.82, 2.24) is 5.32 Å². The highest BCUT2D eigenvalue weighted by Gasteiger charge is 2.41. The van der Waals surface area contributed by atoms with E-state index in [4.69, 9.17) is 0 Å². The van der Waals surface area contributed by atoms with Crippen LogP contribution in [-0.2, 0) is 4.79 Å². The lowest BCUT2D eigenvalue weighted by molar-refractivity contribution is -0.119. The average molecular weight is 229 g/mol. The second kappa shape index (κ2) is 4.17. The number of nitrogens with one attached hydrogen (secondary N) is 1. The van der Waals surface area contributed by atoms with Crippen molar-refractivity contribution < 1.29 is 4.79 Å². The van der Waals surface area contributed by atoms with E-state index in [1.807, 2.05) is 0 Å². The number of benzene rings is 1. The van der Waals surface area contributed by atoms with Crippen LogP contribution in [0.3, 0.4) is 0 Å². The maximum absolute atomic E-state index is 11.4. The van der Waals surface area contributed by atoms with Crippen LogP contribution >= 0.6 is 0 Å². The van der Waals surface area contributed by atoms with Gasteiger partial charge in [-0.2, -0.15) is 0 Å². The van der Waals surface area contributed by atoms with E-state index in [0.717, 1.165) is 13.0 Å². The predicted octanol–water partition coefficient (Wildman–Crippen LogP) is 2.85. The molecule has 1 amide bonds. The van der Waals surface area contributed by atoms with Gasteiger partial charge in [0.2, 0.25) is 5.91 Å². The quantitative estimate of drug-likeness (QED) is 0.788. The molecule has 1 saturated carbocycles. The Balaban J connectivity index is 1.67. The molecule has 3 rings (SSSR count). The second-order valence-electron chi connectivity index (χ2n) is 5.64. The van der Waals surface area contributed by atoms with Crippen molar-refractivity contribution in [2.24, 2.45) is 5.41 Å². The molecule has 90 valence electrons. The minimum absolute atomic E-state index is 0.253. The Hall–Kier alpha value is -1.31. The van der Waals surface area contributed by atoms with Crippen molar-refractivity contribution in [3.05, 3.63) is 35.9 Å². The molecule has 0 atom stereocenters. The first-order valence-electron chi connectivity index (χ1n) is 6.59. The SMILES string of the molecule is O=C1CC2(CCC(c3ccccc3)CC2)CN1. The number of hydrogen-bond donors (Lipinski definition) is 1. The molecule has 0 unspecified atom stereocenters. The van der Waals surface area contributed by atoms with Crippen LogP contribution in [0, 0.1) is 5.41 Å². The highest BCUT2D eigenvalue weighted by atomic mass is 16.1. The van der Waals surface area contributed by atoms with Gasteiger partial charge in [0.05, 0.1) is 0 Å². The third kappa shape index (κ3) is 2.08. The standard InChI is InChI=1S/C15H19NO/c17-14-10-15(11-16-14)8-6-13(7-9-15)12-4-2-1-3-5-12/h1-5,13H,6-11H2,(H,16,17). The van der Waals surface area contributed by atoms with Gasteiger partial charge in [-0.15, -0.1) is 0 Å². The van der Waals surface area contributed by atoms with Gasteiger partial charge in [0.15, 0.2) is 0 Å². The third-order valence-corrected chi connectivity index (χ3v) is 4.51. The van der Waals surface area contributed by atoms with E-state index in [1.165, 1.54) is 31.2 Å². The van der Waals surface area contributed by atoms with E-state index in [9.17, 15) is 4.79 Å². The zero-order chi connectivity index (χ0) is 11.7. The Labute approximate surface area is 102 Å². The van der Waals surface area contributed by atoms with Gasteiger partial charge < -0.3 is 5.32 Å². The number of carbonyl (C=O) groups is 1. The molecule has 0 radical (unpaired) electrons. The lowest BCUT2D eigenvalue weighted by atomic mass is 9.68. The molecule has 1 aromatic carbocycles. The molecule has 1 spiro atoms. The van der Waals surface area contributed by atoms with Crippen molar-refractivity contribution in [1.29, 1.82) is 0 Å². The fourth-order valence-electron chi connectivity index (χ4n) is 3.39. The summed E-state index contributed by atoms with van der Waals surface area (Å²) in [6, 6.07) is 10.8. The van der Waals surface area contributed by atoms with Crippen LogP contribution in [0.15, 0.2) is 30.3 Å². The number of rotatable bonds is 1. The summed E-state index contributed by atoms with van der Waals surface area (Å²) in [7, 11) is 0.